The number of carbonyl (C=O) groups is 1. The Hall–Kier alpha value is -2.67. The molecule has 134 valence electrons. The van der Waals surface area contributed by atoms with Gasteiger partial charge < -0.3 is 14.7 Å². The van der Waals surface area contributed by atoms with Gasteiger partial charge in [-0.2, -0.15) is 4.98 Å². The lowest BCUT2D eigenvalue weighted by Gasteiger charge is -2.33. The Labute approximate surface area is 155 Å². The van der Waals surface area contributed by atoms with Crippen LogP contribution in [0.4, 0.5) is 11.5 Å². The van der Waals surface area contributed by atoms with E-state index in [-0.39, 0.29) is 11.8 Å². The van der Waals surface area contributed by atoms with Crippen molar-refractivity contribution in [2.24, 2.45) is 5.92 Å². The Morgan fingerprint density at radius 1 is 1.38 bits per heavy atom. The summed E-state index contributed by atoms with van der Waals surface area (Å²) in [4.78, 5) is 23.3. The second kappa shape index (κ2) is 6.92. The monoisotopic (exact) mass is 371 g/mol. The van der Waals surface area contributed by atoms with Gasteiger partial charge in [-0.25, -0.2) is 4.98 Å². The number of rotatable bonds is 3. The highest BCUT2D eigenvalue weighted by molar-refractivity contribution is 6.30. The average molecular weight is 372 g/mol. The second-order valence-corrected chi connectivity index (χ2v) is 6.87. The first-order chi connectivity index (χ1) is 12.6. The number of anilines is 2. The zero-order valence-electron chi connectivity index (χ0n) is 14.3. The number of nitrogens with one attached hydrogen (secondary N) is 1. The lowest BCUT2D eigenvalue weighted by molar-refractivity contribution is -0.120. The lowest BCUT2D eigenvalue weighted by Crippen LogP contribution is -2.41. The maximum absolute atomic E-state index is 12.7. The first-order valence-electron chi connectivity index (χ1n) is 8.50. The van der Waals surface area contributed by atoms with Gasteiger partial charge in [-0.05, 0) is 38.0 Å². The summed E-state index contributed by atoms with van der Waals surface area (Å²) in [5, 5.41) is 8.33. The smallest absolute Gasteiger partial charge is 0.263 e. The van der Waals surface area contributed by atoms with Crippen LogP contribution < -0.4 is 10.2 Å². The molecule has 0 aliphatic carbocycles. The lowest BCUT2D eigenvalue weighted by atomic mass is 9.96. The van der Waals surface area contributed by atoms with Crippen LogP contribution in [0, 0.1) is 12.8 Å². The molecule has 1 amide bonds. The number of aromatic nitrogens is 3. The number of hydrogen-bond acceptors (Lipinski definition) is 6. The molecule has 1 N–H and O–H groups in total. The van der Waals surface area contributed by atoms with Crippen molar-refractivity contribution >= 4 is 40.1 Å². The number of hydrogen-bond donors (Lipinski definition) is 1. The SMILES string of the molecule is Cc1noc2ncnc(N3CCCC(C(=O)Nc4cccc(Cl)c4)C3)c12. The van der Waals surface area contributed by atoms with Gasteiger partial charge in [0, 0.05) is 23.8 Å². The maximum Gasteiger partial charge on any atom is 0.263 e. The molecule has 1 atom stereocenters. The normalized spacial score (nSPS) is 17.5. The summed E-state index contributed by atoms with van der Waals surface area (Å²) in [5.74, 6) is 0.631. The zero-order chi connectivity index (χ0) is 18.1. The average Bonchev–Trinajstić information content (AvgIpc) is 3.03. The molecule has 3 aromatic rings. The third-order valence-electron chi connectivity index (χ3n) is 4.61. The van der Waals surface area contributed by atoms with E-state index in [2.05, 4.69) is 25.3 Å². The predicted octanol–water partition coefficient (Wildman–Crippen LogP) is 3.43. The van der Waals surface area contributed by atoms with Gasteiger partial charge in [-0.15, -0.1) is 0 Å². The second-order valence-electron chi connectivity index (χ2n) is 6.43. The molecule has 0 spiro atoms. The van der Waals surface area contributed by atoms with E-state index in [0.717, 1.165) is 36.3 Å². The van der Waals surface area contributed by atoms with Crippen LogP contribution in [0.1, 0.15) is 18.5 Å². The van der Waals surface area contributed by atoms with Crippen molar-refractivity contribution in [2.45, 2.75) is 19.8 Å². The van der Waals surface area contributed by atoms with Crippen LogP contribution in [-0.2, 0) is 4.79 Å². The highest BCUT2D eigenvalue weighted by atomic mass is 35.5. The molecule has 0 radical (unpaired) electrons. The van der Waals surface area contributed by atoms with E-state index in [0.29, 0.717) is 23.0 Å². The molecule has 26 heavy (non-hydrogen) atoms. The Balaban J connectivity index is 1.53. The van der Waals surface area contributed by atoms with Crippen LogP contribution in [0.3, 0.4) is 0 Å². The van der Waals surface area contributed by atoms with Gasteiger partial charge in [0.05, 0.1) is 11.6 Å². The van der Waals surface area contributed by atoms with Crippen molar-refractivity contribution in [1.29, 1.82) is 0 Å². The molecule has 1 aromatic carbocycles. The Bertz CT molecular complexity index is 958. The molecule has 0 saturated carbocycles. The molecule has 1 unspecified atom stereocenters. The van der Waals surface area contributed by atoms with Crippen LogP contribution >= 0.6 is 11.6 Å². The van der Waals surface area contributed by atoms with Crippen molar-refractivity contribution in [3.05, 3.63) is 41.3 Å². The standard InChI is InChI=1S/C18H18ClN5O2/c1-11-15-16(20-10-21-18(15)26-23-11)24-7-3-4-12(9-24)17(25)22-14-6-2-5-13(19)8-14/h2,5-6,8,10,12H,3-4,7,9H2,1H3,(H,22,25). The van der Waals surface area contributed by atoms with Crippen LogP contribution in [0.15, 0.2) is 35.1 Å². The molecule has 1 aliphatic rings. The minimum absolute atomic E-state index is 0.00990. The first-order valence-corrected chi connectivity index (χ1v) is 8.88. The number of fused-ring (bicyclic) bond motifs is 1. The van der Waals surface area contributed by atoms with Crippen LogP contribution in [-0.4, -0.2) is 34.1 Å². The highest BCUT2D eigenvalue weighted by Gasteiger charge is 2.28. The molecular formula is C18H18ClN5O2. The summed E-state index contributed by atoms with van der Waals surface area (Å²) in [6, 6.07) is 7.17. The largest absolute Gasteiger partial charge is 0.355 e. The fraction of sp³-hybridized carbons (Fsp3) is 0.333. The van der Waals surface area contributed by atoms with Gasteiger partial charge in [0.25, 0.3) is 5.71 Å². The summed E-state index contributed by atoms with van der Waals surface area (Å²) in [6.45, 7) is 3.28. The van der Waals surface area contributed by atoms with Crippen LogP contribution in [0.25, 0.3) is 11.1 Å². The first kappa shape index (κ1) is 16.8. The Morgan fingerprint density at radius 2 is 2.27 bits per heavy atom. The van der Waals surface area contributed by atoms with Crippen molar-refractivity contribution in [2.75, 3.05) is 23.3 Å². The molecule has 1 fully saturated rings. The third kappa shape index (κ3) is 3.22. The zero-order valence-corrected chi connectivity index (χ0v) is 15.0. The molecule has 7 nitrogen and oxygen atoms in total. The number of carbonyl (C=O) groups excluding carboxylic acids is 1. The summed E-state index contributed by atoms with van der Waals surface area (Å²) in [7, 11) is 0. The van der Waals surface area contributed by atoms with E-state index in [9.17, 15) is 4.79 Å². The Morgan fingerprint density at radius 3 is 3.12 bits per heavy atom. The topological polar surface area (TPSA) is 84.2 Å². The van der Waals surface area contributed by atoms with E-state index in [4.69, 9.17) is 16.1 Å². The van der Waals surface area contributed by atoms with Crippen molar-refractivity contribution in [3.63, 3.8) is 0 Å². The number of benzene rings is 1. The van der Waals surface area contributed by atoms with Gasteiger partial charge in [-0.1, -0.05) is 22.8 Å². The molecule has 1 saturated heterocycles. The minimum Gasteiger partial charge on any atom is -0.355 e. The number of nitrogens with zero attached hydrogens (tertiary/aromatic N) is 4. The van der Waals surface area contributed by atoms with E-state index in [1.165, 1.54) is 6.33 Å². The van der Waals surface area contributed by atoms with Gasteiger partial charge in [0.1, 0.15) is 17.5 Å². The summed E-state index contributed by atoms with van der Waals surface area (Å²) >= 11 is 5.99. The van der Waals surface area contributed by atoms with E-state index >= 15 is 0 Å². The number of piperidine rings is 1. The number of aryl methyl sites for hydroxylation is 1. The van der Waals surface area contributed by atoms with Gasteiger partial charge in [-0.3, -0.25) is 4.79 Å². The van der Waals surface area contributed by atoms with Crippen molar-refractivity contribution in [3.8, 4) is 0 Å². The van der Waals surface area contributed by atoms with Gasteiger partial charge in [0.15, 0.2) is 0 Å². The van der Waals surface area contributed by atoms with E-state index in [1.807, 2.05) is 19.1 Å². The molecule has 1 aliphatic heterocycles. The summed E-state index contributed by atoms with van der Waals surface area (Å²) < 4.78 is 5.23. The molecule has 2 aromatic heterocycles. The number of halogens is 1. The minimum atomic E-state index is -0.132. The van der Waals surface area contributed by atoms with Gasteiger partial charge in [0.2, 0.25) is 5.91 Å². The van der Waals surface area contributed by atoms with E-state index in [1.54, 1.807) is 12.1 Å². The molecule has 4 rings (SSSR count). The summed E-state index contributed by atoms with van der Waals surface area (Å²) in [6.07, 6.45) is 3.21. The highest BCUT2D eigenvalue weighted by Crippen LogP contribution is 2.30. The number of amides is 1. The third-order valence-corrected chi connectivity index (χ3v) is 4.84. The Kier molecular flexibility index (Phi) is 4.46. The van der Waals surface area contributed by atoms with Crippen molar-refractivity contribution in [1.82, 2.24) is 15.1 Å². The molecule has 0 bridgehead atoms. The molecule has 8 heteroatoms. The van der Waals surface area contributed by atoms with Crippen molar-refractivity contribution < 1.29 is 9.32 Å². The fourth-order valence-corrected chi connectivity index (χ4v) is 3.53. The van der Waals surface area contributed by atoms with Crippen LogP contribution in [0.5, 0.6) is 0 Å². The van der Waals surface area contributed by atoms with Gasteiger partial charge >= 0.3 is 0 Å². The predicted molar refractivity (Wildman–Crippen MR) is 99.4 cm³/mol. The quantitative estimate of drug-likeness (QED) is 0.759. The van der Waals surface area contributed by atoms with Crippen LogP contribution in [0.2, 0.25) is 5.02 Å². The van der Waals surface area contributed by atoms with E-state index < -0.39 is 0 Å². The maximum atomic E-state index is 12.7. The summed E-state index contributed by atoms with van der Waals surface area (Å²) in [5.41, 5.74) is 1.93. The fourth-order valence-electron chi connectivity index (χ4n) is 3.34. The molecular weight excluding hydrogens is 354 g/mol. The molecule has 3 heterocycles.